The third-order valence-corrected chi connectivity index (χ3v) is 4.19. The van der Waals surface area contributed by atoms with E-state index >= 15 is 0 Å². The van der Waals surface area contributed by atoms with Gasteiger partial charge in [-0.15, -0.1) is 0 Å². The number of hydrogen-bond acceptors (Lipinski definition) is 6. The highest BCUT2D eigenvalue weighted by Gasteiger charge is 2.20. The molecule has 0 atom stereocenters. The van der Waals surface area contributed by atoms with Crippen molar-refractivity contribution in [2.24, 2.45) is 0 Å². The lowest BCUT2D eigenvalue weighted by Gasteiger charge is -2.10. The Morgan fingerprint density at radius 1 is 1.15 bits per heavy atom. The number of nitrogens with zero attached hydrogens (tertiary/aromatic N) is 1. The van der Waals surface area contributed by atoms with Crippen molar-refractivity contribution >= 4 is 33.7 Å². The molecular formula is C19H12NO6-. The van der Waals surface area contributed by atoms with Crippen molar-refractivity contribution < 1.29 is 18.8 Å². The third kappa shape index (κ3) is 2.37. The van der Waals surface area contributed by atoms with Crippen molar-refractivity contribution in [2.45, 2.75) is 6.92 Å². The normalized spacial score (nSPS) is 15.4. The molecule has 0 spiro atoms. The number of hydrogen-bond donors (Lipinski definition) is 1. The van der Waals surface area contributed by atoms with Crippen molar-refractivity contribution in [3.63, 3.8) is 0 Å². The van der Waals surface area contributed by atoms with Crippen LogP contribution in [-0.4, -0.2) is 15.7 Å². The lowest BCUT2D eigenvalue weighted by atomic mass is 10.0. The van der Waals surface area contributed by atoms with Gasteiger partial charge >= 0.3 is 5.63 Å². The van der Waals surface area contributed by atoms with Gasteiger partial charge in [0.1, 0.15) is 11.0 Å². The molecule has 130 valence electrons. The maximum Gasteiger partial charge on any atom is 0.336 e. The molecule has 0 bridgehead atoms. The lowest BCUT2D eigenvalue weighted by molar-refractivity contribution is -0.377. The number of aryl methyl sites for hydroxylation is 1. The minimum Gasteiger partial charge on any atom is -0.612 e. The Morgan fingerprint density at radius 2 is 1.92 bits per heavy atom. The van der Waals surface area contributed by atoms with Crippen LogP contribution >= 0.6 is 0 Å². The van der Waals surface area contributed by atoms with E-state index in [0.29, 0.717) is 16.5 Å². The Labute approximate surface area is 146 Å². The van der Waals surface area contributed by atoms with Crippen LogP contribution in [-0.2, 0) is 0 Å². The predicted molar refractivity (Wildman–Crippen MR) is 96.9 cm³/mol. The smallest absolute Gasteiger partial charge is 0.336 e. The molecule has 1 aliphatic rings. The van der Waals surface area contributed by atoms with Gasteiger partial charge in [-0.25, -0.2) is 4.79 Å². The van der Waals surface area contributed by atoms with E-state index in [1.807, 2.05) is 0 Å². The largest absolute Gasteiger partial charge is 0.612 e. The van der Waals surface area contributed by atoms with Crippen molar-refractivity contribution in [3.05, 3.63) is 80.2 Å². The maximum absolute atomic E-state index is 11.7. The van der Waals surface area contributed by atoms with Crippen molar-refractivity contribution in [2.75, 3.05) is 0 Å². The fourth-order valence-corrected chi connectivity index (χ4v) is 2.98. The Balaban J connectivity index is 2.00. The minimum atomic E-state index is -0.535. The van der Waals surface area contributed by atoms with Crippen LogP contribution in [0.25, 0.3) is 28.0 Å². The monoisotopic (exact) mass is 350 g/mol. The van der Waals surface area contributed by atoms with Crippen molar-refractivity contribution in [1.82, 2.24) is 0 Å². The molecule has 0 radical (unpaired) electrons. The number of fused-ring (bicyclic) bond motifs is 3. The van der Waals surface area contributed by atoms with Crippen LogP contribution < -0.4 is 5.63 Å². The van der Waals surface area contributed by atoms with E-state index in [4.69, 9.17) is 8.83 Å². The fraction of sp³-hybridized carbons (Fsp3) is 0.0526. The van der Waals surface area contributed by atoms with Gasteiger partial charge in [0.15, 0.2) is 17.1 Å². The standard InChI is InChI=1S/C19H12NO6/c1-10-8-16(21)26-19-12(10)6-7-14-17(19)18(22)15(25-14)9-11-4-2-3-5-13(11)20(23)24/h2-9H,1H3,(H-,22,23,24)/q-1. The highest BCUT2D eigenvalue weighted by Crippen LogP contribution is 2.38. The van der Waals surface area contributed by atoms with Gasteiger partial charge < -0.3 is 24.4 Å². The van der Waals surface area contributed by atoms with E-state index in [1.165, 1.54) is 18.2 Å². The summed E-state index contributed by atoms with van der Waals surface area (Å²) in [5, 5.41) is 33.9. The molecule has 1 aliphatic carbocycles. The number of furan rings is 1. The summed E-state index contributed by atoms with van der Waals surface area (Å²) in [5.41, 5.74) is 0.883. The average Bonchev–Trinajstić information content (AvgIpc) is 2.91. The van der Waals surface area contributed by atoms with Crippen LogP contribution in [0.2, 0.25) is 0 Å². The Bertz CT molecular complexity index is 1230. The Kier molecular flexibility index (Phi) is 3.43. The summed E-state index contributed by atoms with van der Waals surface area (Å²) < 4.78 is 10.9. The van der Waals surface area contributed by atoms with Crippen LogP contribution in [0.1, 0.15) is 11.3 Å². The molecule has 2 heterocycles. The SMILES string of the molecule is Cc1cc(=O)oc2c1ccc1oc(C=C3C=CC=CC3=[N+]([O-])[O-])c(O)c12. The van der Waals surface area contributed by atoms with Gasteiger partial charge in [0.05, 0.1) is 5.57 Å². The van der Waals surface area contributed by atoms with Crippen LogP contribution in [0, 0.1) is 17.3 Å². The van der Waals surface area contributed by atoms with Crippen LogP contribution in [0.3, 0.4) is 0 Å². The summed E-state index contributed by atoms with van der Waals surface area (Å²) in [7, 11) is 0. The third-order valence-electron chi connectivity index (χ3n) is 4.19. The van der Waals surface area contributed by atoms with Crippen molar-refractivity contribution in [3.8, 4) is 5.75 Å². The first kappa shape index (κ1) is 15.8. The summed E-state index contributed by atoms with van der Waals surface area (Å²) in [6.45, 7) is 1.77. The van der Waals surface area contributed by atoms with Gasteiger partial charge in [0, 0.05) is 17.5 Å². The molecule has 26 heavy (non-hydrogen) atoms. The number of aromatic hydroxyl groups is 1. The molecule has 0 amide bonds. The predicted octanol–water partition coefficient (Wildman–Crippen LogP) is 3.51. The topological polar surface area (TPSA) is 113 Å². The number of benzene rings is 1. The molecule has 7 nitrogen and oxygen atoms in total. The molecular weight excluding hydrogens is 338 g/mol. The molecule has 2 aromatic heterocycles. The number of rotatable bonds is 1. The van der Waals surface area contributed by atoms with E-state index < -0.39 is 10.5 Å². The molecule has 0 unspecified atom stereocenters. The summed E-state index contributed by atoms with van der Waals surface area (Å²) >= 11 is 0. The minimum absolute atomic E-state index is 0.0472. The van der Waals surface area contributed by atoms with Gasteiger partial charge in [-0.3, -0.25) is 0 Å². The van der Waals surface area contributed by atoms with Gasteiger partial charge in [-0.05, 0) is 36.8 Å². The summed E-state index contributed by atoms with van der Waals surface area (Å²) in [4.78, 5) is 11.2. The van der Waals surface area contributed by atoms with Crippen LogP contribution in [0.15, 0.2) is 61.7 Å². The number of allylic oxidation sites excluding steroid dienone is 5. The first-order valence-electron chi connectivity index (χ1n) is 7.73. The zero-order chi connectivity index (χ0) is 18.4. The first-order valence-corrected chi connectivity index (χ1v) is 7.73. The van der Waals surface area contributed by atoms with Crippen LogP contribution in [0.5, 0.6) is 5.75 Å². The van der Waals surface area contributed by atoms with Crippen LogP contribution in [0.4, 0.5) is 0 Å². The molecule has 0 fully saturated rings. The first-order chi connectivity index (χ1) is 12.5. The molecule has 0 aliphatic heterocycles. The van der Waals surface area contributed by atoms with E-state index in [-0.39, 0.29) is 33.8 Å². The van der Waals surface area contributed by atoms with E-state index in [9.17, 15) is 20.3 Å². The second-order valence-corrected chi connectivity index (χ2v) is 5.84. The molecule has 0 saturated carbocycles. The lowest BCUT2D eigenvalue weighted by Crippen LogP contribution is -2.11. The highest BCUT2D eigenvalue weighted by molar-refractivity contribution is 6.12. The zero-order valence-electron chi connectivity index (χ0n) is 13.6. The second kappa shape index (κ2) is 5.66. The van der Waals surface area contributed by atoms with E-state index in [1.54, 1.807) is 37.3 Å². The summed E-state index contributed by atoms with van der Waals surface area (Å²) in [6, 6.07) is 4.75. The zero-order valence-corrected chi connectivity index (χ0v) is 13.6. The molecule has 7 heteroatoms. The fourth-order valence-electron chi connectivity index (χ4n) is 2.98. The summed E-state index contributed by atoms with van der Waals surface area (Å²) in [5.74, 6) is -0.191. The maximum atomic E-state index is 11.7. The average molecular weight is 350 g/mol. The van der Waals surface area contributed by atoms with Gasteiger partial charge in [-0.1, -0.05) is 12.2 Å². The van der Waals surface area contributed by atoms with Crippen molar-refractivity contribution in [1.29, 1.82) is 0 Å². The Hall–Kier alpha value is -3.74. The highest BCUT2D eigenvalue weighted by atomic mass is 16.8. The molecule has 4 rings (SSSR count). The van der Waals surface area contributed by atoms with Gasteiger partial charge in [-0.2, -0.15) is 4.90 Å². The quantitative estimate of drug-likeness (QED) is 0.408. The summed E-state index contributed by atoms with van der Waals surface area (Å²) in [6.07, 6.45) is 7.50. The Morgan fingerprint density at radius 3 is 2.69 bits per heavy atom. The second-order valence-electron chi connectivity index (χ2n) is 5.84. The van der Waals surface area contributed by atoms with Gasteiger partial charge in [0.25, 0.3) is 0 Å². The van der Waals surface area contributed by atoms with E-state index in [2.05, 4.69) is 0 Å². The van der Waals surface area contributed by atoms with Gasteiger partial charge in [0.2, 0.25) is 5.71 Å². The molecule has 0 saturated heterocycles. The molecule has 3 aromatic rings. The van der Waals surface area contributed by atoms with E-state index in [0.717, 1.165) is 0 Å². The molecule has 1 aromatic carbocycles. The molecule has 1 N–H and O–H groups in total.